The summed E-state index contributed by atoms with van der Waals surface area (Å²) >= 11 is 1.62. The highest BCUT2D eigenvalue weighted by Gasteiger charge is 2.14. The second-order valence-corrected chi connectivity index (χ2v) is 4.43. The van der Waals surface area contributed by atoms with E-state index in [0.717, 1.165) is 22.7 Å². The summed E-state index contributed by atoms with van der Waals surface area (Å²) in [5.74, 6) is 0.869. The first-order chi connectivity index (χ1) is 7.81. The lowest BCUT2D eigenvalue weighted by molar-refractivity contribution is 0.408. The molecule has 0 fully saturated rings. The minimum Gasteiger partial charge on any atom is -0.496 e. The smallest absolute Gasteiger partial charge is 0.134 e. The summed E-state index contributed by atoms with van der Waals surface area (Å²) < 4.78 is 5.25. The fraction of sp³-hybridized carbons (Fsp3) is 0.250. The number of pyridine rings is 1. The molecule has 16 heavy (non-hydrogen) atoms. The second-order valence-electron chi connectivity index (χ2n) is 3.48. The maximum atomic E-state index is 6.14. The van der Waals surface area contributed by atoms with Crippen LogP contribution in [0.5, 0.6) is 5.75 Å². The first kappa shape index (κ1) is 11.1. The van der Waals surface area contributed by atoms with Crippen LogP contribution in [0.4, 0.5) is 0 Å². The van der Waals surface area contributed by atoms with Crippen molar-refractivity contribution in [3.05, 3.63) is 46.4 Å². The number of methoxy groups -OCH3 is 1. The first-order valence-corrected chi connectivity index (χ1v) is 5.96. The zero-order chi connectivity index (χ0) is 11.4. The van der Waals surface area contributed by atoms with E-state index in [2.05, 4.69) is 4.98 Å². The Kier molecular flexibility index (Phi) is 3.54. The van der Waals surface area contributed by atoms with E-state index in [4.69, 9.17) is 10.5 Å². The lowest BCUT2D eigenvalue weighted by Gasteiger charge is -2.11. The van der Waals surface area contributed by atoms with Crippen molar-refractivity contribution in [1.82, 2.24) is 4.98 Å². The van der Waals surface area contributed by atoms with E-state index in [1.807, 2.05) is 29.6 Å². The molecule has 1 unspecified atom stereocenters. The summed E-state index contributed by atoms with van der Waals surface area (Å²) in [6.45, 7) is 0. The number of ether oxygens (including phenoxy) is 1. The third-order valence-corrected chi connectivity index (χ3v) is 3.40. The second kappa shape index (κ2) is 5.09. The molecule has 3 nitrogen and oxygen atoms in total. The molecule has 84 valence electrons. The highest BCUT2D eigenvalue weighted by Crippen LogP contribution is 2.30. The Hall–Kier alpha value is -1.39. The van der Waals surface area contributed by atoms with Crippen LogP contribution in [0.1, 0.15) is 16.6 Å². The standard InChI is InChI=1S/C12H14N2OS/c1-15-11-5-7-16-12(11)10(13)8-9-4-2-3-6-14-9/h2-7,10H,8,13H2,1H3. The van der Waals surface area contributed by atoms with Gasteiger partial charge in [0, 0.05) is 24.4 Å². The molecule has 1 atom stereocenters. The number of aromatic nitrogens is 1. The van der Waals surface area contributed by atoms with Crippen LogP contribution in [0.2, 0.25) is 0 Å². The molecule has 0 saturated carbocycles. The summed E-state index contributed by atoms with van der Waals surface area (Å²) in [5.41, 5.74) is 7.14. The van der Waals surface area contributed by atoms with Crippen LogP contribution in [0.25, 0.3) is 0 Å². The van der Waals surface area contributed by atoms with Crippen molar-refractivity contribution in [3.63, 3.8) is 0 Å². The maximum absolute atomic E-state index is 6.14. The number of nitrogens with zero attached hydrogens (tertiary/aromatic N) is 1. The van der Waals surface area contributed by atoms with Gasteiger partial charge < -0.3 is 10.5 Å². The summed E-state index contributed by atoms with van der Waals surface area (Å²) in [7, 11) is 1.67. The normalized spacial score (nSPS) is 12.4. The van der Waals surface area contributed by atoms with Gasteiger partial charge in [-0.2, -0.15) is 0 Å². The zero-order valence-corrected chi connectivity index (χ0v) is 9.91. The van der Waals surface area contributed by atoms with Crippen molar-refractivity contribution < 1.29 is 4.74 Å². The third-order valence-electron chi connectivity index (χ3n) is 2.37. The molecular formula is C12H14N2OS. The molecule has 0 amide bonds. The van der Waals surface area contributed by atoms with Gasteiger partial charge in [0.05, 0.1) is 12.0 Å². The van der Waals surface area contributed by atoms with E-state index in [0.29, 0.717) is 0 Å². The Morgan fingerprint density at radius 1 is 1.44 bits per heavy atom. The quantitative estimate of drug-likeness (QED) is 0.883. The van der Waals surface area contributed by atoms with Crippen molar-refractivity contribution in [1.29, 1.82) is 0 Å². The van der Waals surface area contributed by atoms with Gasteiger partial charge in [-0.25, -0.2) is 0 Å². The lowest BCUT2D eigenvalue weighted by atomic mass is 10.1. The molecule has 0 saturated heterocycles. The SMILES string of the molecule is COc1ccsc1C(N)Cc1ccccn1. The lowest BCUT2D eigenvalue weighted by Crippen LogP contribution is -2.13. The summed E-state index contributed by atoms with van der Waals surface area (Å²) in [4.78, 5) is 5.34. The Morgan fingerprint density at radius 3 is 3.00 bits per heavy atom. The molecule has 2 N–H and O–H groups in total. The van der Waals surface area contributed by atoms with Gasteiger partial charge in [-0.05, 0) is 23.6 Å². The topological polar surface area (TPSA) is 48.1 Å². The monoisotopic (exact) mass is 234 g/mol. The van der Waals surface area contributed by atoms with Gasteiger partial charge in [0.15, 0.2) is 0 Å². The molecule has 2 aromatic heterocycles. The number of hydrogen-bond donors (Lipinski definition) is 1. The van der Waals surface area contributed by atoms with Gasteiger partial charge in [-0.1, -0.05) is 6.07 Å². The third kappa shape index (κ3) is 2.40. The van der Waals surface area contributed by atoms with Crippen LogP contribution >= 0.6 is 11.3 Å². The van der Waals surface area contributed by atoms with E-state index in [9.17, 15) is 0 Å². The van der Waals surface area contributed by atoms with Crippen LogP contribution in [-0.2, 0) is 6.42 Å². The number of nitrogens with two attached hydrogens (primary N) is 1. The average molecular weight is 234 g/mol. The summed E-state index contributed by atoms with van der Waals surface area (Å²) in [6, 6.07) is 7.75. The molecule has 0 aliphatic carbocycles. The first-order valence-electron chi connectivity index (χ1n) is 5.08. The predicted octanol–water partition coefficient (Wildman–Crippen LogP) is 2.39. The van der Waals surface area contributed by atoms with E-state index in [-0.39, 0.29) is 6.04 Å². The van der Waals surface area contributed by atoms with E-state index < -0.39 is 0 Å². The van der Waals surface area contributed by atoms with Crippen LogP contribution in [0.15, 0.2) is 35.8 Å². The molecule has 0 spiro atoms. The Bertz CT molecular complexity index is 441. The van der Waals surface area contributed by atoms with Crippen molar-refractivity contribution in [2.45, 2.75) is 12.5 Å². The van der Waals surface area contributed by atoms with E-state index >= 15 is 0 Å². The van der Waals surface area contributed by atoms with E-state index in [1.54, 1.807) is 24.6 Å². The molecule has 0 aliphatic rings. The van der Waals surface area contributed by atoms with Crippen LogP contribution < -0.4 is 10.5 Å². The largest absolute Gasteiger partial charge is 0.496 e. The Morgan fingerprint density at radius 2 is 2.31 bits per heavy atom. The average Bonchev–Trinajstić information content (AvgIpc) is 2.78. The number of rotatable bonds is 4. The molecule has 0 radical (unpaired) electrons. The fourth-order valence-corrected chi connectivity index (χ4v) is 2.45. The molecular weight excluding hydrogens is 220 g/mol. The van der Waals surface area contributed by atoms with Crippen LogP contribution in [-0.4, -0.2) is 12.1 Å². The van der Waals surface area contributed by atoms with Gasteiger partial charge in [-0.3, -0.25) is 4.98 Å². The summed E-state index contributed by atoms with van der Waals surface area (Å²) in [6.07, 6.45) is 2.52. The van der Waals surface area contributed by atoms with Crippen molar-refractivity contribution >= 4 is 11.3 Å². The molecule has 2 heterocycles. The summed E-state index contributed by atoms with van der Waals surface area (Å²) in [5, 5.41) is 1.99. The highest BCUT2D eigenvalue weighted by atomic mass is 32.1. The van der Waals surface area contributed by atoms with Crippen molar-refractivity contribution in [3.8, 4) is 5.75 Å². The molecule has 0 bridgehead atoms. The zero-order valence-electron chi connectivity index (χ0n) is 9.09. The Labute approximate surface area is 98.9 Å². The van der Waals surface area contributed by atoms with Gasteiger partial charge in [0.1, 0.15) is 5.75 Å². The minimum atomic E-state index is -0.0511. The van der Waals surface area contributed by atoms with Gasteiger partial charge in [0.25, 0.3) is 0 Å². The van der Waals surface area contributed by atoms with Crippen LogP contribution in [0.3, 0.4) is 0 Å². The number of thiophene rings is 1. The van der Waals surface area contributed by atoms with Gasteiger partial charge in [-0.15, -0.1) is 11.3 Å². The molecule has 2 rings (SSSR count). The molecule has 2 aromatic rings. The van der Waals surface area contributed by atoms with Gasteiger partial charge >= 0.3 is 0 Å². The number of hydrogen-bond acceptors (Lipinski definition) is 4. The molecule has 4 heteroatoms. The Balaban J connectivity index is 2.11. The fourth-order valence-electron chi connectivity index (χ4n) is 1.58. The van der Waals surface area contributed by atoms with Gasteiger partial charge in [0.2, 0.25) is 0 Å². The predicted molar refractivity (Wildman–Crippen MR) is 65.7 cm³/mol. The highest BCUT2D eigenvalue weighted by molar-refractivity contribution is 7.10. The van der Waals surface area contributed by atoms with Crippen LogP contribution in [0, 0.1) is 0 Å². The van der Waals surface area contributed by atoms with Crippen molar-refractivity contribution in [2.75, 3.05) is 7.11 Å². The van der Waals surface area contributed by atoms with Crippen molar-refractivity contribution in [2.24, 2.45) is 5.73 Å². The van der Waals surface area contributed by atoms with E-state index in [1.165, 1.54) is 0 Å². The maximum Gasteiger partial charge on any atom is 0.134 e. The molecule has 0 aliphatic heterocycles. The molecule has 0 aromatic carbocycles. The minimum absolute atomic E-state index is 0.0511.